The van der Waals surface area contributed by atoms with Gasteiger partial charge in [-0.05, 0) is 58.4 Å². The van der Waals surface area contributed by atoms with Crippen LogP contribution in [0.25, 0.3) is 16.7 Å². The Kier molecular flexibility index (Phi) is 5.10. The first kappa shape index (κ1) is 21.1. The molecular formula is C24H25FN8. The van der Waals surface area contributed by atoms with Gasteiger partial charge in [-0.1, -0.05) is 6.07 Å². The van der Waals surface area contributed by atoms with E-state index in [1.807, 2.05) is 23.9 Å². The molecule has 1 aliphatic heterocycles. The second-order valence-corrected chi connectivity index (χ2v) is 9.09. The zero-order valence-corrected chi connectivity index (χ0v) is 18.8. The molecule has 0 aliphatic carbocycles. The number of aromatic nitrogens is 5. The average molecular weight is 445 g/mol. The third kappa shape index (κ3) is 3.94. The molecule has 0 saturated carbocycles. The third-order valence-corrected chi connectivity index (χ3v) is 6.17. The first-order valence-electron chi connectivity index (χ1n) is 11.0. The van der Waals surface area contributed by atoms with E-state index in [1.165, 1.54) is 0 Å². The van der Waals surface area contributed by atoms with Crippen molar-refractivity contribution in [2.45, 2.75) is 45.2 Å². The average Bonchev–Trinajstić information content (AvgIpc) is 3.38. The van der Waals surface area contributed by atoms with Crippen molar-refractivity contribution in [1.82, 2.24) is 29.6 Å². The van der Waals surface area contributed by atoms with Crippen LogP contribution >= 0.6 is 0 Å². The number of piperidine rings is 1. The van der Waals surface area contributed by atoms with Crippen molar-refractivity contribution in [2.24, 2.45) is 0 Å². The quantitative estimate of drug-likeness (QED) is 0.485. The fourth-order valence-corrected chi connectivity index (χ4v) is 4.52. The summed E-state index contributed by atoms with van der Waals surface area (Å²) in [6.07, 6.45) is 6.82. The topological polar surface area (TPSA) is 96.4 Å². The summed E-state index contributed by atoms with van der Waals surface area (Å²) >= 11 is 0. The van der Waals surface area contributed by atoms with Crippen LogP contribution in [-0.4, -0.2) is 36.4 Å². The number of aryl methyl sites for hydroxylation is 1. The number of hydrogen-bond acceptors (Lipinski definition) is 6. The number of fused-ring (bicyclic) bond motifs is 1. The minimum atomic E-state index is -0.551. The predicted octanol–water partition coefficient (Wildman–Crippen LogP) is 4.38. The van der Waals surface area contributed by atoms with Gasteiger partial charge in [0.2, 0.25) is 5.95 Å². The summed E-state index contributed by atoms with van der Waals surface area (Å²) in [6, 6.07) is 9.61. The van der Waals surface area contributed by atoms with E-state index in [9.17, 15) is 9.65 Å². The molecule has 1 saturated heterocycles. The second kappa shape index (κ2) is 7.98. The molecule has 1 unspecified atom stereocenters. The van der Waals surface area contributed by atoms with Gasteiger partial charge in [-0.2, -0.15) is 15.3 Å². The molecule has 8 nitrogen and oxygen atoms in total. The van der Waals surface area contributed by atoms with Crippen LogP contribution in [0.4, 0.5) is 16.0 Å². The highest BCUT2D eigenvalue weighted by Crippen LogP contribution is 2.30. The Morgan fingerprint density at radius 2 is 2.15 bits per heavy atom. The number of nitriles is 1. The van der Waals surface area contributed by atoms with Crippen molar-refractivity contribution >= 4 is 22.5 Å². The molecule has 3 aromatic heterocycles. The smallest absolute Gasteiger partial charge is 0.229 e. The largest absolute Gasteiger partial charge is 0.321 e. The zero-order valence-electron chi connectivity index (χ0n) is 18.8. The van der Waals surface area contributed by atoms with E-state index < -0.39 is 5.82 Å². The highest BCUT2D eigenvalue weighted by atomic mass is 19.1. The lowest BCUT2D eigenvalue weighted by molar-refractivity contribution is 0.221. The molecule has 33 heavy (non-hydrogen) atoms. The summed E-state index contributed by atoms with van der Waals surface area (Å²) in [6.45, 7) is 7.28. The lowest BCUT2D eigenvalue weighted by Gasteiger charge is -2.36. The maximum Gasteiger partial charge on any atom is 0.229 e. The maximum absolute atomic E-state index is 14.7. The van der Waals surface area contributed by atoms with Crippen LogP contribution in [0.1, 0.15) is 44.0 Å². The summed E-state index contributed by atoms with van der Waals surface area (Å²) in [5, 5.41) is 21.5. The van der Waals surface area contributed by atoms with Crippen LogP contribution < -0.4 is 10.6 Å². The van der Waals surface area contributed by atoms with Gasteiger partial charge in [-0.3, -0.25) is 9.25 Å². The second-order valence-electron chi connectivity index (χ2n) is 9.09. The predicted molar refractivity (Wildman–Crippen MR) is 124 cm³/mol. The number of rotatable bonds is 4. The summed E-state index contributed by atoms with van der Waals surface area (Å²) in [4.78, 5) is 8.57. The van der Waals surface area contributed by atoms with Crippen molar-refractivity contribution in [1.29, 1.82) is 5.26 Å². The van der Waals surface area contributed by atoms with Gasteiger partial charge < -0.3 is 10.6 Å². The molecule has 4 aromatic rings. The Hall–Kier alpha value is -3.77. The Morgan fingerprint density at radius 3 is 2.94 bits per heavy atom. The van der Waals surface area contributed by atoms with Gasteiger partial charge in [-0.25, -0.2) is 9.37 Å². The first-order chi connectivity index (χ1) is 15.8. The Bertz CT molecular complexity index is 1380. The molecule has 0 spiro atoms. The third-order valence-electron chi connectivity index (χ3n) is 6.17. The first-order valence-corrected chi connectivity index (χ1v) is 11.0. The number of hydrogen-bond donors (Lipinski definition) is 2. The fourth-order valence-electron chi connectivity index (χ4n) is 4.52. The number of nitrogens with one attached hydrogen (secondary N) is 2. The molecule has 1 aromatic carbocycles. The van der Waals surface area contributed by atoms with Crippen LogP contribution in [0, 0.1) is 24.1 Å². The van der Waals surface area contributed by atoms with Crippen LogP contribution in [0.2, 0.25) is 0 Å². The lowest BCUT2D eigenvalue weighted by Crippen LogP contribution is -2.46. The molecule has 1 fully saturated rings. The van der Waals surface area contributed by atoms with Crippen molar-refractivity contribution < 1.29 is 4.39 Å². The zero-order chi connectivity index (χ0) is 23.2. The van der Waals surface area contributed by atoms with Crippen LogP contribution in [0.3, 0.4) is 0 Å². The Labute approximate surface area is 191 Å². The number of nitrogens with zero attached hydrogens (tertiary/aromatic N) is 6. The van der Waals surface area contributed by atoms with Gasteiger partial charge in [0.1, 0.15) is 0 Å². The van der Waals surface area contributed by atoms with Gasteiger partial charge in [0.05, 0.1) is 40.8 Å². The molecular weight excluding hydrogens is 419 g/mol. The molecule has 0 amide bonds. The summed E-state index contributed by atoms with van der Waals surface area (Å²) in [5.41, 5.74) is 2.91. The number of halogens is 1. The van der Waals surface area contributed by atoms with E-state index in [2.05, 4.69) is 40.5 Å². The molecule has 4 heterocycles. The maximum atomic E-state index is 14.7. The SMILES string of the molecule is Cc1nn(C2CCNC(C)(C)C2)cc1Nc1ncc(F)c(-n2ccc3c(C#N)cccc32)n1. The highest BCUT2D eigenvalue weighted by Gasteiger charge is 2.29. The monoisotopic (exact) mass is 444 g/mol. The van der Waals surface area contributed by atoms with Crippen LogP contribution in [0.15, 0.2) is 42.9 Å². The van der Waals surface area contributed by atoms with E-state index in [1.54, 1.807) is 29.0 Å². The summed E-state index contributed by atoms with van der Waals surface area (Å²) < 4.78 is 18.4. The van der Waals surface area contributed by atoms with E-state index in [-0.39, 0.29) is 17.3 Å². The fraction of sp³-hybridized carbons (Fsp3) is 0.333. The van der Waals surface area contributed by atoms with E-state index in [4.69, 9.17) is 5.10 Å². The molecule has 5 rings (SSSR count). The van der Waals surface area contributed by atoms with Gasteiger partial charge in [0.15, 0.2) is 11.6 Å². The van der Waals surface area contributed by atoms with Crippen molar-refractivity contribution in [3.8, 4) is 11.9 Å². The molecule has 9 heteroatoms. The molecule has 0 bridgehead atoms. The van der Waals surface area contributed by atoms with E-state index >= 15 is 0 Å². The summed E-state index contributed by atoms with van der Waals surface area (Å²) in [7, 11) is 0. The van der Waals surface area contributed by atoms with Gasteiger partial charge in [0.25, 0.3) is 0 Å². The van der Waals surface area contributed by atoms with E-state index in [0.717, 1.165) is 42.4 Å². The molecule has 1 aliphatic rings. The molecule has 168 valence electrons. The lowest BCUT2D eigenvalue weighted by atomic mass is 9.89. The Balaban J connectivity index is 1.46. The number of benzene rings is 1. The van der Waals surface area contributed by atoms with E-state index in [0.29, 0.717) is 17.1 Å². The van der Waals surface area contributed by atoms with Crippen LogP contribution in [-0.2, 0) is 0 Å². The molecule has 0 radical (unpaired) electrons. The van der Waals surface area contributed by atoms with Crippen LogP contribution in [0.5, 0.6) is 0 Å². The number of anilines is 2. The van der Waals surface area contributed by atoms with Gasteiger partial charge in [-0.15, -0.1) is 0 Å². The Morgan fingerprint density at radius 1 is 1.30 bits per heavy atom. The molecule has 2 N–H and O–H groups in total. The van der Waals surface area contributed by atoms with Gasteiger partial charge in [0, 0.05) is 23.3 Å². The van der Waals surface area contributed by atoms with Crippen molar-refractivity contribution in [2.75, 3.05) is 11.9 Å². The standard InChI is InChI=1S/C24H25FN8/c1-15-20(14-33(31-15)17-7-9-28-24(2,3)11-17)29-23-27-13-19(25)22(30-23)32-10-8-18-16(12-26)5-4-6-21(18)32/h4-6,8,10,13-14,17,28H,7,9,11H2,1-3H3,(H,27,29,30). The minimum absolute atomic E-state index is 0.0658. The van der Waals surface area contributed by atoms with Crippen molar-refractivity contribution in [3.05, 3.63) is 59.9 Å². The highest BCUT2D eigenvalue weighted by molar-refractivity contribution is 5.87. The van der Waals surface area contributed by atoms with Crippen molar-refractivity contribution in [3.63, 3.8) is 0 Å². The summed E-state index contributed by atoms with van der Waals surface area (Å²) in [5.74, 6) is -0.162. The minimum Gasteiger partial charge on any atom is -0.321 e. The molecule has 1 atom stereocenters. The van der Waals surface area contributed by atoms with Gasteiger partial charge >= 0.3 is 0 Å². The normalized spacial score (nSPS) is 17.7.